The summed E-state index contributed by atoms with van der Waals surface area (Å²) in [4.78, 5) is 34.1. The number of aromatic nitrogens is 1. The molecule has 2 aliphatic heterocycles. The van der Waals surface area contributed by atoms with Crippen LogP contribution in [-0.2, 0) is 4.79 Å². The van der Waals surface area contributed by atoms with E-state index < -0.39 is 18.2 Å². The van der Waals surface area contributed by atoms with Crippen LogP contribution < -0.4 is 15.4 Å². The van der Waals surface area contributed by atoms with Crippen LogP contribution in [0.15, 0.2) is 54.6 Å². The number of fused-ring (bicyclic) bond motifs is 1. The Balaban J connectivity index is 1.22. The number of aliphatic hydroxyl groups excluding tert-OH is 1. The van der Waals surface area contributed by atoms with E-state index in [0.29, 0.717) is 23.9 Å². The summed E-state index contributed by atoms with van der Waals surface area (Å²) < 4.78 is 18.9. The van der Waals surface area contributed by atoms with Gasteiger partial charge in [-0.25, -0.2) is 9.37 Å². The summed E-state index contributed by atoms with van der Waals surface area (Å²) in [5, 5.41) is 17.8. The second kappa shape index (κ2) is 13.0. The van der Waals surface area contributed by atoms with Crippen LogP contribution in [-0.4, -0.2) is 84.3 Å². The molecule has 0 saturated carbocycles. The number of halogens is 1. The maximum Gasteiger partial charge on any atom is 0.270 e. The van der Waals surface area contributed by atoms with Crippen LogP contribution in [0.25, 0.3) is 16.5 Å². The molecule has 3 unspecified atom stereocenters. The zero-order chi connectivity index (χ0) is 29.8. The lowest BCUT2D eigenvalue weighted by Crippen LogP contribution is -2.51. The van der Waals surface area contributed by atoms with Gasteiger partial charge in [-0.1, -0.05) is 18.2 Å². The van der Waals surface area contributed by atoms with Crippen LogP contribution in [0.2, 0.25) is 0 Å². The van der Waals surface area contributed by atoms with Crippen molar-refractivity contribution in [1.29, 1.82) is 0 Å². The van der Waals surface area contributed by atoms with Crippen molar-refractivity contribution in [2.75, 3.05) is 40.3 Å². The first kappa shape index (κ1) is 29.6. The number of carbonyl (C=O) groups is 2. The first-order valence-electron chi connectivity index (χ1n) is 14.4. The topological polar surface area (TPSA) is 107 Å². The van der Waals surface area contributed by atoms with Gasteiger partial charge in [-0.15, -0.1) is 0 Å². The quantitative estimate of drug-likeness (QED) is 0.336. The molecule has 2 aliphatic rings. The summed E-state index contributed by atoms with van der Waals surface area (Å²) in [7, 11) is 3.76. The summed E-state index contributed by atoms with van der Waals surface area (Å²) >= 11 is 0. The molecule has 5 rings (SSSR count). The Kier molecular flexibility index (Phi) is 9.15. The third-order valence-corrected chi connectivity index (χ3v) is 8.17. The monoisotopic (exact) mass is 575 g/mol. The molecule has 2 aromatic carbocycles. The zero-order valence-corrected chi connectivity index (χ0v) is 24.3. The van der Waals surface area contributed by atoms with E-state index in [2.05, 4.69) is 33.6 Å². The minimum Gasteiger partial charge on any atom is -0.497 e. The number of pyridine rings is 1. The van der Waals surface area contributed by atoms with Crippen LogP contribution in [0.1, 0.15) is 53.8 Å². The van der Waals surface area contributed by atoms with E-state index in [1.165, 1.54) is 29.8 Å². The molecule has 0 spiro atoms. The number of amides is 2. The summed E-state index contributed by atoms with van der Waals surface area (Å²) in [5.74, 6) is -0.363. The van der Waals surface area contributed by atoms with Gasteiger partial charge >= 0.3 is 0 Å². The highest BCUT2D eigenvalue weighted by Crippen LogP contribution is 2.32. The van der Waals surface area contributed by atoms with E-state index in [4.69, 9.17) is 4.74 Å². The molecule has 3 atom stereocenters. The molecule has 9 nitrogen and oxygen atoms in total. The molecule has 3 aromatic rings. The lowest BCUT2D eigenvalue weighted by atomic mass is 9.91. The van der Waals surface area contributed by atoms with Crippen molar-refractivity contribution in [3.63, 3.8) is 0 Å². The first-order chi connectivity index (χ1) is 20.2. The van der Waals surface area contributed by atoms with E-state index in [0.717, 1.165) is 42.8 Å². The van der Waals surface area contributed by atoms with Crippen LogP contribution in [0.4, 0.5) is 4.39 Å². The SMILES string of the molecule is COc1ccc(C(C)NC(O)C2CCCN2C(=O)CNC(=O)c2ccc3cc(F)ccc3n2)c(C2=CCN(C)CC2)c1. The highest BCUT2D eigenvalue weighted by molar-refractivity contribution is 5.96. The number of likely N-dealkylation sites (N-methyl/N-ethyl adjacent to an activating group) is 1. The highest BCUT2D eigenvalue weighted by Gasteiger charge is 2.35. The maximum absolute atomic E-state index is 13.5. The second-order valence-corrected chi connectivity index (χ2v) is 11.0. The molecule has 1 fully saturated rings. The average Bonchev–Trinajstić information content (AvgIpc) is 3.50. The summed E-state index contributed by atoms with van der Waals surface area (Å²) in [6.07, 6.45) is 3.62. The van der Waals surface area contributed by atoms with Crippen molar-refractivity contribution in [1.82, 2.24) is 25.4 Å². The number of benzene rings is 2. The van der Waals surface area contributed by atoms with Crippen LogP contribution >= 0.6 is 0 Å². The number of nitrogens with one attached hydrogen (secondary N) is 2. The summed E-state index contributed by atoms with van der Waals surface area (Å²) in [6, 6.07) is 12.7. The molecule has 2 amide bonds. The Morgan fingerprint density at radius 3 is 2.76 bits per heavy atom. The maximum atomic E-state index is 13.5. The standard InChI is InChI=1S/C32H38FN5O4/c1-20(25-9-8-24(42-3)18-26(25)21-12-15-37(2)16-13-21)35-32(41)29-5-4-14-38(29)30(39)19-34-31(40)28-10-6-22-17-23(33)7-11-27(22)36-28/h6-12,17-18,20,29,32,35,41H,4-5,13-16,19H2,1-3H3,(H,34,40). The number of ether oxygens (including phenoxy) is 1. The number of likely N-dealkylation sites (tertiary alicyclic amines) is 1. The Bertz CT molecular complexity index is 1500. The molecule has 3 N–H and O–H groups in total. The Morgan fingerprint density at radius 2 is 2.00 bits per heavy atom. The molecule has 1 saturated heterocycles. The van der Waals surface area contributed by atoms with Gasteiger partial charge in [0, 0.05) is 31.1 Å². The van der Waals surface area contributed by atoms with Gasteiger partial charge in [0.15, 0.2) is 0 Å². The third-order valence-electron chi connectivity index (χ3n) is 8.17. The molecule has 42 heavy (non-hydrogen) atoms. The Morgan fingerprint density at radius 1 is 1.17 bits per heavy atom. The van der Waals surface area contributed by atoms with E-state index >= 15 is 0 Å². The summed E-state index contributed by atoms with van der Waals surface area (Å²) in [6.45, 7) is 4.14. The van der Waals surface area contributed by atoms with Crippen molar-refractivity contribution in [2.24, 2.45) is 0 Å². The van der Waals surface area contributed by atoms with Gasteiger partial charge in [0.05, 0.1) is 25.2 Å². The average molecular weight is 576 g/mol. The van der Waals surface area contributed by atoms with Crippen molar-refractivity contribution in [3.8, 4) is 5.75 Å². The fraction of sp³-hybridized carbons (Fsp3) is 0.406. The van der Waals surface area contributed by atoms with Gasteiger partial charge in [0.1, 0.15) is 23.5 Å². The minimum atomic E-state index is -0.953. The molecule has 10 heteroatoms. The van der Waals surface area contributed by atoms with Gasteiger partial charge in [-0.2, -0.15) is 0 Å². The fourth-order valence-corrected chi connectivity index (χ4v) is 5.79. The van der Waals surface area contributed by atoms with Gasteiger partial charge < -0.3 is 25.0 Å². The van der Waals surface area contributed by atoms with Crippen molar-refractivity contribution >= 4 is 28.3 Å². The lowest BCUT2D eigenvalue weighted by molar-refractivity contribution is -0.133. The van der Waals surface area contributed by atoms with Gasteiger partial charge in [-0.3, -0.25) is 14.9 Å². The number of nitrogens with zero attached hydrogens (tertiary/aromatic N) is 3. The molecule has 3 heterocycles. The molecular weight excluding hydrogens is 537 g/mol. The van der Waals surface area contributed by atoms with Crippen LogP contribution in [0, 0.1) is 5.82 Å². The summed E-state index contributed by atoms with van der Waals surface area (Å²) in [5.41, 5.74) is 4.05. The molecule has 0 bridgehead atoms. The number of hydrogen-bond acceptors (Lipinski definition) is 7. The molecule has 1 aromatic heterocycles. The number of aliphatic hydroxyl groups is 1. The third kappa shape index (κ3) is 6.61. The van der Waals surface area contributed by atoms with Crippen LogP contribution in [0.5, 0.6) is 5.75 Å². The Labute approximate surface area is 245 Å². The number of methoxy groups -OCH3 is 1. The predicted octanol–water partition coefficient (Wildman–Crippen LogP) is 3.49. The smallest absolute Gasteiger partial charge is 0.270 e. The van der Waals surface area contributed by atoms with E-state index in [9.17, 15) is 19.1 Å². The molecule has 0 aliphatic carbocycles. The van der Waals surface area contributed by atoms with Gasteiger partial charge in [0.25, 0.3) is 5.91 Å². The normalized spacial score (nSPS) is 18.9. The lowest BCUT2D eigenvalue weighted by Gasteiger charge is -2.32. The van der Waals surface area contributed by atoms with E-state index in [1.807, 2.05) is 25.1 Å². The van der Waals surface area contributed by atoms with Crippen molar-refractivity contribution < 1.29 is 23.8 Å². The number of hydrogen-bond donors (Lipinski definition) is 3. The largest absolute Gasteiger partial charge is 0.497 e. The number of rotatable bonds is 9. The minimum absolute atomic E-state index is 0.144. The van der Waals surface area contributed by atoms with Gasteiger partial charge in [0.2, 0.25) is 5.91 Å². The second-order valence-electron chi connectivity index (χ2n) is 11.0. The number of carbonyl (C=O) groups excluding carboxylic acids is 2. The zero-order valence-electron chi connectivity index (χ0n) is 24.3. The molecule has 0 radical (unpaired) electrons. The molecular formula is C32H38FN5O4. The van der Waals surface area contributed by atoms with Crippen molar-refractivity contribution in [3.05, 3.63) is 77.2 Å². The predicted molar refractivity (Wildman–Crippen MR) is 159 cm³/mol. The van der Waals surface area contributed by atoms with E-state index in [-0.39, 0.29) is 30.0 Å². The van der Waals surface area contributed by atoms with Crippen molar-refractivity contribution in [2.45, 2.75) is 44.5 Å². The highest BCUT2D eigenvalue weighted by atomic mass is 19.1. The van der Waals surface area contributed by atoms with E-state index in [1.54, 1.807) is 18.1 Å². The Hall–Kier alpha value is -3.86. The fourth-order valence-electron chi connectivity index (χ4n) is 5.79. The molecule has 222 valence electrons. The first-order valence-corrected chi connectivity index (χ1v) is 14.4. The van der Waals surface area contributed by atoms with Gasteiger partial charge in [-0.05, 0) is 86.3 Å². The van der Waals surface area contributed by atoms with Crippen LogP contribution in [0.3, 0.4) is 0 Å².